The van der Waals surface area contributed by atoms with Crippen LogP contribution in [0.3, 0.4) is 0 Å². The second-order valence-electron chi connectivity index (χ2n) is 7.11. The van der Waals surface area contributed by atoms with E-state index in [2.05, 4.69) is 0 Å². The Morgan fingerprint density at radius 1 is 1.15 bits per heavy atom. The number of aryl methyl sites for hydroxylation is 1. The van der Waals surface area contributed by atoms with Gasteiger partial charge in [0.2, 0.25) is 5.91 Å². The van der Waals surface area contributed by atoms with E-state index >= 15 is 0 Å². The molecule has 2 fully saturated rings. The fourth-order valence-corrected chi connectivity index (χ4v) is 3.72. The van der Waals surface area contributed by atoms with E-state index in [1.165, 1.54) is 4.57 Å². The summed E-state index contributed by atoms with van der Waals surface area (Å²) in [4.78, 5) is 40.2. The molecular formula is C19H23N3O5. The molecule has 1 atom stereocenters. The lowest BCUT2D eigenvalue weighted by Gasteiger charge is -2.35. The fraction of sp³-hybridized carbons (Fsp3) is 0.526. The molecular weight excluding hydrogens is 350 g/mol. The van der Waals surface area contributed by atoms with Gasteiger partial charge in [-0.25, -0.2) is 4.79 Å². The van der Waals surface area contributed by atoms with E-state index in [0.29, 0.717) is 43.9 Å². The minimum Gasteiger partial charge on any atom is -0.408 e. The van der Waals surface area contributed by atoms with Gasteiger partial charge in [-0.05, 0) is 30.5 Å². The summed E-state index contributed by atoms with van der Waals surface area (Å²) >= 11 is 0. The molecule has 0 bridgehead atoms. The third-order valence-corrected chi connectivity index (χ3v) is 5.36. The third-order valence-electron chi connectivity index (χ3n) is 5.36. The average molecular weight is 373 g/mol. The molecule has 0 spiro atoms. The highest BCUT2D eigenvalue weighted by atomic mass is 16.5. The monoisotopic (exact) mass is 373 g/mol. The van der Waals surface area contributed by atoms with Crippen LogP contribution in [0.1, 0.15) is 18.4 Å². The van der Waals surface area contributed by atoms with Crippen molar-refractivity contribution in [3.05, 3.63) is 34.3 Å². The van der Waals surface area contributed by atoms with Crippen molar-refractivity contribution in [3.8, 4) is 0 Å². The maximum Gasteiger partial charge on any atom is 0.419 e. The number of oxazole rings is 1. The van der Waals surface area contributed by atoms with Crippen LogP contribution in [0.4, 0.5) is 0 Å². The van der Waals surface area contributed by atoms with Crippen molar-refractivity contribution >= 4 is 22.9 Å². The Hall–Kier alpha value is -2.61. The van der Waals surface area contributed by atoms with Crippen LogP contribution in [0, 0.1) is 0 Å². The Bertz CT molecular complexity index is 917. The number of carbonyl (C=O) groups is 2. The summed E-state index contributed by atoms with van der Waals surface area (Å²) in [6.45, 7) is 2.80. The molecule has 2 aliphatic heterocycles. The van der Waals surface area contributed by atoms with Gasteiger partial charge in [0.05, 0.1) is 11.9 Å². The molecule has 27 heavy (non-hydrogen) atoms. The van der Waals surface area contributed by atoms with Crippen molar-refractivity contribution in [1.82, 2.24) is 14.4 Å². The number of carbonyl (C=O) groups excluding carboxylic acids is 2. The summed E-state index contributed by atoms with van der Waals surface area (Å²) in [6, 6.07) is 5.34. The smallest absolute Gasteiger partial charge is 0.408 e. The van der Waals surface area contributed by atoms with Crippen LogP contribution in [-0.4, -0.2) is 65.1 Å². The van der Waals surface area contributed by atoms with E-state index in [-0.39, 0.29) is 24.3 Å². The molecule has 2 amide bonds. The first kappa shape index (κ1) is 17.8. The molecule has 4 rings (SSSR count). The first-order valence-electron chi connectivity index (χ1n) is 9.29. The molecule has 0 aliphatic carbocycles. The predicted octanol–water partition coefficient (Wildman–Crippen LogP) is 0.524. The maximum absolute atomic E-state index is 12.6. The minimum atomic E-state index is -0.416. The topological polar surface area (TPSA) is 85.0 Å². The van der Waals surface area contributed by atoms with Crippen molar-refractivity contribution < 1.29 is 18.7 Å². The summed E-state index contributed by atoms with van der Waals surface area (Å²) in [5.41, 5.74) is 2.03. The number of amides is 2. The number of benzene rings is 1. The lowest BCUT2D eigenvalue weighted by atomic mass is 10.1. The number of aromatic nitrogens is 1. The highest BCUT2D eigenvalue weighted by molar-refractivity contribution is 5.83. The Morgan fingerprint density at radius 3 is 2.59 bits per heavy atom. The van der Waals surface area contributed by atoms with Crippen LogP contribution in [-0.2, 0) is 27.8 Å². The molecule has 0 radical (unpaired) electrons. The number of fused-ring (bicyclic) bond motifs is 1. The first-order chi connectivity index (χ1) is 13.0. The Kier molecular flexibility index (Phi) is 4.73. The summed E-state index contributed by atoms with van der Waals surface area (Å²) in [7, 11) is 1.64. The summed E-state index contributed by atoms with van der Waals surface area (Å²) < 4.78 is 12.0. The Labute approximate surface area is 156 Å². The number of rotatable bonds is 3. The fourth-order valence-electron chi connectivity index (χ4n) is 3.72. The lowest BCUT2D eigenvalue weighted by Crippen LogP contribution is -2.53. The van der Waals surface area contributed by atoms with Gasteiger partial charge < -0.3 is 19.0 Å². The molecule has 2 aromatic rings. The largest absolute Gasteiger partial charge is 0.419 e. The van der Waals surface area contributed by atoms with Crippen LogP contribution in [0.5, 0.6) is 0 Å². The van der Waals surface area contributed by atoms with E-state index in [9.17, 15) is 14.4 Å². The van der Waals surface area contributed by atoms with E-state index in [1.54, 1.807) is 29.0 Å². The summed E-state index contributed by atoms with van der Waals surface area (Å²) in [6.07, 6.45) is 1.67. The molecule has 1 unspecified atom stereocenters. The maximum atomic E-state index is 12.6. The second kappa shape index (κ2) is 7.19. The third kappa shape index (κ3) is 3.49. The number of hydrogen-bond donors (Lipinski definition) is 0. The number of hydrogen-bond acceptors (Lipinski definition) is 5. The van der Waals surface area contributed by atoms with Crippen LogP contribution >= 0.6 is 0 Å². The van der Waals surface area contributed by atoms with Crippen molar-refractivity contribution in [2.45, 2.75) is 25.4 Å². The second-order valence-corrected chi connectivity index (χ2v) is 7.11. The van der Waals surface area contributed by atoms with Gasteiger partial charge in [0.1, 0.15) is 6.10 Å². The van der Waals surface area contributed by atoms with Crippen molar-refractivity contribution in [1.29, 1.82) is 0 Å². The SMILES string of the molecule is Cn1c(=O)oc2ccc(CC(=O)N3CCN(C(=O)C4CCCO4)CC3)cc21. The molecule has 1 aromatic heterocycles. The molecule has 0 saturated carbocycles. The van der Waals surface area contributed by atoms with Gasteiger partial charge in [0, 0.05) is 39.8 Å². The molecule has 3 heterocycles. The first-order valence-corrected chi connectivity index (χ1v) is 9.29. The van der Waals surface area contributed by atoms with E-state index in [4.69, 9.17) is 9.15 Å². The van der Waals surface area contributed by atoms with E-state index in [0.717, 1.165) is 18.4 Å². The summed E-state index contributed by atoms with van der Waals surface area (Å²) in [5, 5.41) is 0. The predicted molar refractivity (Wildman–Crippen MR) is 97.3 cm³/mol. The standard InChI is InChI=1S/C19H23N3O5/c1-20-14-11-13(4-5-15(14)27-19(20)25)12-17(23)21-6-8-22(9-7-21)18(24)16-3-2-10-26-16/h4-5,11,16H,2-3,6-10,12H2,1H3. The van der Waals surface area contributed by atoms with Crippen LogP contribution in [0.2, 0.25) is 0 Å². The number of piperazine rings is 1. The molecule has 2 aliphatic rings. The molecule has 8 heteroatoms. The molecule has 8 nitrogen and oxygen atoms in total. The highest BCUT2D eigenvalue weighted by Crippen LogP contribution is 2.18. The number of ether oxygens (including phenoxy) is 1. The van der Waals surface area contributed by atoms with Gasteiger partial charge in [-0.2, -0.15) is 0 Å². The van der Waals surface area contributed by atoms with E-state index in [1.807, 2.05) is 6.07 Å². The van der Waals surface area contributed by atoms with Gasteiger partial charge in [0.25, 0.3) is 5.91 Å². The zero-order valence-corrected chi connectivity index (χ0v) is 15.3. The lowest BCUT2D eigenvalue weighted by molar-refractivity contribution is -0.145. The quantitative estimate of drug-likeness (QED) is 0.783. The Morgan fingerprint density at radius 2 is 1.89 bits per heavy atom. The highest BCUT2D eigenvalue weighted by Gasteiger charge is 2.31. The molecule has 1 aromatic carbocycles. The molecule has 0 N–H and O–H groups in total. The molecule has 2 saturated heterocycles. The van der Waals surface area contributed by atoms with Gasteiger partial charge in [-0.3, -0.25) is 14.2 Å². The average Bonchev–Trinajstić information content (AvgIpc) is 3.31. The zero-order valence-electron chi connectivity index (χ0n) is 15.3. The minimum absolute atomic E-state index is 0.0204. The van der Waals surface area contributed by atoms with E-state index < -0.39 is 5.76 Å². The van der Waals surface area contributed by atoms with Crippen LogP contribution < -0.4 is 5.76 Å². The Balaban J connectivity index is 1.36. The normalized spacial score (nSPS) is 20.4. The zero-order chi connectivity index (χ0) is 19.0. The van der Waals surface area contributed by atoms with Gasteiger partial charge in [-0.15, -0.1) is 0 Å². The van der Waals surface area contributed by atoms with Gasteiger partial charge >= 0.3 is 5.76 Å². The summed E-state index contributed by atoms with van der Waals surface area (Å²) in [5.74, 6) is -0.349. The van der Waals surface area contributed by atoms with Gasteiger partial charge in [-0.1, -0.05) is 6.07 Å². The van der Waals surface area contributed by atoms with Crippen molar-refractivity contribution in [3.63, 3.8) is 0 Å². The van der Waals surface area contributed by atoms with Crippen LogP contribution in [0.15, 0.2) is 27.4 Å². The van der Waals surface area contributed by atoms with Crippen molar-refractivity contribution in [2.75, 3.05) is 32.8 Å². The number of nitrogens with zero attached hydrogens (tertiary/aromatic N) is 3. The molecule has 144 valence electrons. The van der Waals surface area contributed by atoms with Crippen molar-refractivity contribution in [2.24, 2.45) is 7.05 Å². The van der Waals surface area contributed by atoms with Gasteiger partial charge in [0.15, 0.2) is 5.58 Å². The van der Waals surface area contributed by atoms with Crippen LogP contribution in [0.25, 0.3) is 11.1 Å².